The van der Waals surface area contributed by atoms with Crippen molar-refractivity contribution in [3.05, 3.63) is 0 Å². The summed E-state index contributed by atoms with van der Waals surface area (Å²) >= 11 is 0. The molecule has 0 saturated carbocycles. The van der Waals surface area contributed by atoms with Gasteiger partial charge in [-0.3, -0.25) is 4.79 Å². The van der Waals surface area contributed by atoms with Crippen LogP contribution in [0.4, 0.5) is 0 Å². The van der Waals surface area contributed by atoms with Gasteiger partial charge in [-0.1, -0.05) is 77.0 Å². The van der Waals surface area contributed by atoms with E-state index in [1.54, 1.807) is 0 Å². The van der Waals surface area contributed by atoms with E-state index >= 15 is 0 Å². The highest BCUT2D eigenvalue weighted by Crippen LogP contribution is 2.31. The van der Waals surface area contributed by atoms with E-state index in [0.717, 1.165) is 44.9 Å². The molecule has 0 aromatic rings. The lowest BCUT2D eigenvalue weighted by Gasteiger charge is -2.46. The van der Waals surface area contributed by atoms with Crippen LogP contribution >= 0.6 is 0 Å². The zero-order chi connectivity index (χ0) is 30.5. The quantitative estimate of drug-likeness (QED) is 0.249. The molecule has 0 radical (unpaired) electrons. The fourth-order valence-electron chi connectivity index (χ4n) is 5.93. The molecular weight excluding hydrogens is 552 g/mol. The third-order valence-electron chi connectivity index (χ3n) is 8.56. The van der Waals surface area contributed by atoms with Crippen LogP contribution in [0.25, 0.3) is 0 Å². The summed E-state index contributed by atoms with van der Waals surface area (Å²) in [6, 6.07) is 0. The molecule has 0 spiro atoms. The number of carbonyl (C=O) groups is 1. The highest BCUT2D eigenvalue weighted by atomic mass is 16.8. The molecule has 4 saturated heterocycles. The summed E-state index contributed by atoms with van der Waals surface area (Å²) < 4.78 is 28.7. The number of fused-ring (bicyclic) bond motifs is 20. The second-order valence-electron chi connectivity index (χ2n) is 12.1. The lowest BCUT2D eigenvalue weighted by Crippen LogP contribution is -2.65. The minimum atomic E-state index is -1.72. The van der Waals surface area contributed by atoms with Gasteiger partial charge in [-0.15, -0.1) is 0 Å². The van der Waals surface area contributed by atoms with E-state index in [0.29, 0.717) is 6.42 Å². The van der Waals surface area contributed by atoms with E-state index in [2.05, 4.69) is 0 Å². The van der Waals surface area contributed by atoms with Crippen molar-refractivity contribution in [1.29, 1.82) is 0 Å². The number of rotatable bonds is 2. The second kappa shape index (κ2) is 18.8. The molecule has 4 rings (SSSR count). The topological polar surface area (TPSA) is 185 Å². The molecule has 42 heavy (non-hydrogen) atoms. The van der Waals surface area contributed by atoms with Crippen molar-refractivity contribution in [1.82, 2.24) is 0 Å². The average molecular weight is 607 g/mol. The van der Waals surface area contributed by atoms with Gasteiger partial charge in [-0.05, 0) is 19.8 Å². The highest BCUT2D eigenvalue weighted by Gasteiger charge is 2.52. The van der Waals surface area contributed by atoms with Crippen molar-refractivity contribution >= 4 is 5.97 Å². The molecule has 4 aliphatic heterocycles. The van der Waals surface area contributed by atoms with Crippen LogP contribution in [0.3, 0.4) is 0 Å². The van der Waals surface area contributed by atoms with Crippen molar-refractivity contribution in [3.63, 3.8) is 0 Å². The number of aliphatic hydroxyl groups excluding tert-OH is 6. The summed E-state index contributed by atoms with van der Waals surface area (Å²) in [6.45, 7) is 0.647. The molecule has 1 unspecified atom stereocenters. The first-order valence-corrected chi connectivity index (χ1v) is 16.0. The van der Waals surface area contributed by atoms with Crippen molar-refractivity contribution < 1.29 is 59.1 Å². The molecule has 12 nitrogen and oxygen atoms in total. The van der Waals surface area contributed by atoms with E-state index in [1.165, 1.54) is 38.5 Å². The van der Waals surface area contributed by atoms with Gasteiger partial charge in [-0.2, -0.15) is 0 Å². The molecule has 246 valence electrons. The number of aliphatic hydroxyl groups is 6. The van der Waals surface area contributed by atoms with Crippen molar-refractivity contribution in [3.8, 4) is 0 Å². The maximum atomic E-state index is 12.5. The summed E-state index contributed by atoms with van der Waals surface area (Å²) in [7, 11) is 0. The summed E-state index contributed by atoms with van der Waals surface area (Å²) in [5.74, 6) is -0.564. The lowest BCUT2D eigenvalue weighted by molar-refractivity contribution is -0.371. The van der Waals surface area contributed by atoms with Crippen LogP contribution in [0.1, 0.15) is 103 Å². The summed E-state index contributed by atoms with van der Waals surface area (Å²) in [6.07, 6.45) is 0.356. The predicted molar refractivity (Wildman–Crippen MR) is 150 cm³/mol. The van der Waals surface area contributed by atoms with Crippen LogP contribution in [0, 0.1) is 0 Å². The van der Waals surface area contributed by atoms with Gasteiger partial charge in [0.1, 0.15) is 42.7 Å². The molecular formula is C30H54O12. The first kappa shape index (κ1) is 35.5. The van der Waals surface area contributed by atoms with E-state index in [1.807, 2.05) is 6.92 Å². The predicted octanol–water partition coefficient (Wildman–Crippen LogP) is 1.43. The smallest absolute Gasteiger partial charge is 0.306 e. The first-order valence-electron chi connectivity index (χ1n) is 16.0. The third kappa shape index (κ3) is 10.6. The number of ether oxygens (including phenoxy) is 5. The molecule has 11 atom stereocenters. The van der Waals surface area contributed by atoms with Crippen molar-refractivity contribution in [2.24, 2.45) is 0 Å². The Balaban J connectivity index is 1.70. The number of hydrogen-bond acceptors (Lipinski definition) is 12. The molecule has 0 amide bonds. The van der Waals surface area contributed by atoms with Gasteiger partial charge in [0.15, 0.2) is 18.7 Å². The summed E-state index contributed by atoms with van der Waals surface area (Å²) in [5.41, 5.74) is 0. The van der Waals surface area contributed by atoms with Gasteiger partial charge in [0.05, 0.1) is 19.3 Å². The Hall–Kier alpha value is -0.930. The summed E-state index contributed by atoms with van der Waals surface area (Å²) in [5, 5.41) is 62.7. The maximum absolute atomic E-state index is 12.5. The van der Waals surface area contributed by atoms with Crippen molar-refractivity contribution in [2.75, 3.05) is 13.2 Å². The first-order chi connectivity index (χ1) is 20.3. The van der Waals surface area contributed by atoms with Crippen molar-refractivity contribution in [2.45, 2.75) is 171 Å². The number of esters is 1. The van der Waals surface area contributed by atoms with Gasteiger partial charge in [0, 0.05) is 6.42 Å². The van der Waals surface area contributed by atoms with E-state index in [4.69, 9.17) is 23.7 Å². The largest absolute Gasteiger partial charge is 0.457 e. The van der Waals surface area contributed by atoms with Gasteiger partial charge < -0.3 is 54.3 Å². The Labute approximate surface area is 249 Å². The molecule has 4 aliphatic rings. The molecule has 0 aromatic heterocycles. The lowest BCUT2D eigenvalue weighted by atomic mass is 9.97. The van der Waals surface area contributed by atoms with E-state index in [-0.39, 0.29) is 12.5 Å². The monoisotopic (exact) mass is 606 g/mol. The minimum Gasteiger partial charge on any atom is -0.457 e. The Bertz CT molecular complexity index is 754. The molecule has 6 N–H and O–H groups in total. The molecule has 2 bridgehead atoms. The Morgan fingerprint density at radius 3 is 1.64 bits per heavy atom. The maximum Gasteiger partial charge on any atom is 0.306 e. The standard InChI is InChI=1S/C30H54O12/c1-19-15-13-11-9-7-5-3-2-4-6-8-10-12-14-16-22(33)41-27-21(18-32)40-29(26(37)25(27)36)42-28-24(35)23(34)20(17-31)39-30(28)38-19/h19-21,23-32,34-37H,2-18H2,1H3/t19?,20-,21-,23-,24+,25-,26-,27-,28-,29+,30-/m1/s1. The molecule has 12 heteroatoms. The zero-order valence-corrected chi connectivity index (χ0v) is 25.0. The Kier molecular flexibility index (Phi) is 15.9. The van der Waals surface area contributed by atoms with Crippen LogP contribution in [0.5, 0.6) is 0 Å². The second-order valence-corrected chi connectivity index (χ2v) is 12.1. The van der Waals surface area contributed by atoms with E-state index < -0.39 is 80.6 Å². The van der Waals surface area contributed by atoms with Crippen LogP contribution in [0.2, 0.25) is 0 Å². The van der Waals surface area contributed by atoms with Crippen LogP contribution in [-0.4, -0.2) is 117 Å². The normalized spacial score (nSPS) is 41.5. The summed E-state index contributed by atoms with van der Waals surface area (Å²) in [4.78, 5) is 12.5. The Morgan fingerprint density at radius 2 is 1.07 bits per heavy atom. The van der Waals surface area contributed by atoms with Gasteiger partial charge in [0.2, 0.25) is 0 Å². The Morgan fingerprint density at radius 1 is 0.571 bits per heavy atom. The molecule has 4 fully saturated rings. The van der Waals surface area contributed by atoms with Gasteiger partial charge in [-0.25, -0.2) is 0 Å². The number of hydrogen-bond donors (Lipinski definition) is 6. The average Bonchev–Trinajstić information content (AvgIpc) is 2.97. The zero-order valence-electron chi connectivity index (χ0n) is 25.0. The molecule has 4 heterocycles. The van der Waals surface area contributed by atoms with Gasteiger partial charge in [0.25, 0.3) is 0 Å². The highest BCUT2D eigenvalue weighted by molar-refractivity contribution is 5.69. The fraction of sp³-hybridized carbons (Fsp3) is 0.967. The van der Waals surface area contributed by atoms with Crippen LogP contribution in [0.15, 0.2) is 0 Å². The SMILES string of the molecule is CC1CCCCCCCCCCCCCCCC(=O)O[C@H]2[C@H](O)[C@@H](O)[C@H](O[C@H]3[C@H](O1)O[C@H](CO)[C@@H](O)[C@@H]3O)O[C@@H]2CO. The van der Waals surface area contributed by atoms with E-state index in [9.17, 15) is 35.4 Å². The van der Waals surface area contributed by atoms with Crippen LogP contribution in [-0.2, 0) is 28.5 Å². The van der Waals surface area contributed by atoms with Crippen LogP contribution < -0.4 is 0 Å². The minimum absolute atomic E-state index is 0.143. The van der Waals surface area contributed by atoms with Gasteiger partial charge >= 0.3 is 5.97 Å². The molecule has 0 aromatic carbocycles. The third-order valence-corrected chi connectivity index (χ3v) is 8.56. The fourth-order valence-corrected chi connectivity index (χ4v) is 5.93. The molecule has 0 aliphatic carbocycles. The number of carbonyl (C=O) groups excluding carboxylic acids is 1.